The number of pyridine rings is 1. The van der Waals surface area contributed by atoms with Crippen LogP contribution in [-0.2, 0) is 17.7 Å². The smallest absolute Gasteiger partial charge is 0.353 e. The molecule has 0 saturated carbocycles. The summed E-state index contributed by atoms with van der Waals surface area (Å²) in [4.78, 5) is 20.3. The molecule has 3 aromatic rings. The first-order chi connectivity index (χ1) is 15.9. The van der Waals surface area contributed by atoms with E-state index in [1.807, 2.05) is 36.4 Å². The van der Waals surface area contributed by atoms with Crippen LogP contribution >= 0.6 is 11.8 Å². The van der Waals surface area contributed by atoms with Crippen molar-refractivity contribution in [2.75, 3.05) is 31.1 Å². The van der Waals surface area contributed by atoms with Gasteiger partial charge in [-0.15, -0.1) is 0 Å². The van der Waals surface area contributed by atoms with Crippen LogP contribution in [0.2, 0.25) is 0 Å². The lowest BCUT2D eigenvalue weighted by Gasteiger charge is -2.36. The number of anilines is 1. The fourth-order valence-electron chi connectivity index (χ4n) is 3.83. The number of hydrogen-bond acceptors (Lipinski definition) is 4. The van der Waals surface area contributed by atoms with Gasteiger partial charge in [-0.1, -0.05) is 42.5 Å². The van der Waals surface area contributed by atoms with Crippen LogP contribution in [-0.4, -0.2) is 42.0 Å². The Bertz CT molecular complexity index is 1080. The third kappa shape index (κ3) is 5.87. The van der Waals surface area contributed by atoms with Gasteiger partial charge in [0.2, 0.25) is 0 Å². The Morgan fingerprint density at radius 2 is 1.58 bits per heavy atom. The highest BCUT2D eigenvalue weighted by Gasteiger charge is 2.36. The van der Waals surface area contributed by atoms with E-state index < -0.39 is 11.7 Å². The second kappa shape index (κ2) is 10.3. The van der Waals surface area contributed by atoms with Gasteiger partial charge >= 0.3 is 6.18 Å². The van der Waals surface area contributed by atoms with Crippen LogP contribution in [0.4, 0.5) is 19.0 Å². The summed E-state index contributed by atoms with van der Waals surface area (Å²) in [5.41, 5.74) is 2.19. The molecule has 33 heavy (non-hydrogen) atoms. The Labute approximate surface area is 195 Å². The van der Waals surface area contributed by atoms with E-state index in [4.69, 9.17) is 0 Å². The molecule has 1 aromatic heterocycles. The van der Waals surface area contributed by atoms with Crippen LogP contribution in [0.5, 0.6) is 0 Å². The highest BCUT2D eigenvalue weighted by atomic mass is 32.2. The third-order valence-corrected chi connectivity index (χ3v) is 6.59. The Morgan fingerprint density at radius 1 is 0.879 bits per heavy atom. The quantitative estimate of drug-likeness (QED) is 0.476. The van der Waals surface area contributed by atoms with Crippen LogP contribution in [0.3, 0.4) is 0 Å². The zero-order valence-corrected chi connectivity index (χ0v) is 18.8. The number of aromatic nitrogens is 1. The van der Waals surface area contributed by atoms with Crippen LogP contribution in [0.15, 0.2) is 72.9 Å². The molecule has 0 atom stereocenters. The van der Waals surface area contributed by atoms with Crippen molar-refractivity contribution < 1.29 is 18.0 Å². The molecule has 0 N–H and O–H groups in total. The Balaban J connectivity index is 1.35. The molecular formula is C25H24F3N3OS. The summed E-state index contributed by atoms with van der Waals surface area (Å²) in [7, 11) is 0. The summed E-state index contributed by atoms with van der Waals surface area (Å²) in [6.45, 7) is 1.30. The lowest BCUT2D eigenvalue weighted by atomic mass is 10.1. The largest absolute Gasteiger partial charge is 0.419 e. The fraction of sp³-hybridized carbons (Fsp3) is 0.280. The molecule has 0 aliphatic carbocycles. The van der Waals surface area contributed by atoms with Crippen LogP contribution < -0.4 is 4.90 Å². The van der Waals surface area contributed by atoms with Gasteiger partial charge in [0.25, 0.3) is 5.91 Å². The van der Waals surface area contributed by atoms with Gasteiger partial charge in [0.05, 0.1) is 5.56 Å². The Kier molecular flexibility index (Phi) is 7.23. The predicted octanol–water partition coefficient (Wildman–Crippen LogP) is 5.50. The highest BCUT2D eigenvalue weighted by Crippen LogP contribution is 2.35. The van der Waals surface area contributed by atoms with E-state index in [-0.39, 0.29) is 11.7 Å². The average Bonchev–Trinajstić information content (AvgIpc) is 2.84. The van der Waals surface area contributed by atoms with Gasteiger partial charge in [-0.3, -0.25) is 4.79 Å². The van der Waals surface area contributed by atoms with Gasteiger partial charge < -0.3 is 9.80 Å². The normalized spacial score (nSPS) is 14.4. The standard InChI is InChI=1S/C25H24F3N3OS/c26-25(27,28)22-10-5-11-29-23(22)30-12-14-31(15-13-30)24(32)21-9-4-8-20(16-21)18-33-17-19-6-2-1-3-7-19/h1-11,16H,12-15,17-18H2. The van der Waals surface area contributed by atoms with Gasteiger partial charge in [-0.2, -0.15) is 24.9 Å². The van der Waals surface area contributed by atoms with E-state index in [0.29, 0.717) is 31.7 Å². The summed E-state index contributed by atoms with van der Waals surface area (Å²) >= 11 is 1.79. The number of rotatable bonds is 6. The molecule has 0 bridgehead atoms. The molecule has 0 radical (unpaired) electrons. The van der Waals surface area contributed by atoms with Crippen LogP contribution in [0.1, 0.15) is 27.0 Å². The van der Waals surface area contributed by atoms with Crippen molar-refractivity contribution >= 4 is 23.5 Å². The summed E-state index contributed by atoms with van der Waals surface area (Å²) in [5.74, 6) is 1.52. The minimum absolute atomic E-state index is 0.0745. The maximum atomic E-state index is 13.3. The topological polar surface area (TPSA) is 36.4 Å². The fourth-order valence-corrected chi connectivity index (χ4v) is 4.77. The second-order valence-electron chi connectivity index (χ2n) is 7.83. The van der Waals surface area contributed by atoms with Crippen molar-refractivity contribution in [3.8, 4) is 0 Å². The molecule has 1 aliphatic heterocycles. The lowest BCUT2D eigenvalue weighted by Crippen LogP contribution is -2.49. The minimum atomic E-state index is -4.46. The van der Waals surface area contributed by atoms with Crippen molar-refractivity contribution in [1.82, 2.24) is 9.88 Å². The maximum absolute atomic E-state index is 13.3. The molecule has 1 amide bonds. The second-order valence-corrected chi connectivity index (χ2v) is 8.82. The molecule has 1 aliphatic rings. The van der Waals surface area contributed by atoms with Crippen molar-refractivity contribution in [3.63, 3.8) is 0 Å². The zero-order chi connectivity index (χ0) is 23.3. The van der Waals surface area contributed by atoms with Crippen LogP contribution in [0.25, 0.3) is 0 Å². The molecule has 2 aromatic carbocycles. The first-order valence-corrected chi connectivity index (χ1v) is 11.8. The molecule has 1 saturated heterocycles. The van der Waals surface area contributed by atoms with E-state index in [1.165, 1.54) is 17.8 Å². The number of alkyl halides is 3. The van der Waals surface area contributed by atoms with E-state index >= 15 is 0 Å². The van der Waals surface area contributed by atoms with Gasteiger partial charge in [0.15, 0.2) is 0 Å². The Hall–Kier alpha value is -3.00. The molecule has 1 fully saturated rings. The van der Waals surface area contributed by atoms with E-state index in [0.717, 1.165) is 23.1 Å². The highest BCUT2D eigenvalue weighted by molar-refractivity contribution is 7.97. The third-order valence-electron chi connectivity index (χ3n) is 5.51. The number of thioether (sulfide) groups is 1. The van der Waals surface area contributed by atoms with Gasteiger partial charge in [-0.25, -0.2) is 4.98 Å². The summed E-state index contributed by atoms with van der Waals surface area (Å²) in [5, 5.41) is 0. The first-order valence-electron chi connectivity index (χ1n) is 10.7. The van der Waals surface area contributed by atoms with E-state index in [2.05, 4.69) is 17.1 Å². The maximum Gasteiger partial charge on any atom is 0.419 e. The number of carbonyl (C=O) groups excluding carboxylic acids is 1. The SMILES string of the molecule is O=C(c1cccc(CSCc2ccccc2)c1)N1CCN(c2ncccc2C(F)(F)F)CC1. The molecule has 0 unspecified atom stereocenters. The van der Waals surface area contributed by atoms with Crippen molar-refractivity contribution in [2.45, 2.75) is 17.7 Å². The average molecular weight is 472 g/mol. The van der Waals surface area contributed by atoms with Gasteiger partial charge in [0, 0.05) is 49.4 Å². The Morgan fingerprint density at radius 3 is 2.30 bits per heavy atom. The molecule has 0 spiro atoms. The molecule has 8 heteroatoms. The number of amides is 1. The number of hydrogen-bond donors (Lipinski definition) is 0. The summed E-state index contributed by atoms with van der Waals surface area (Å²) < 4.78 is 40.0. The molecule has 4 rings (SSSR count). The molecule has 2 heterocycles. The number of piperazine rings is 1. The molecule has 4 nitrogen and oxygen atoms in total. The number of carbonyl (C=O) groups is 1. The van der Waals surface area contributed by atoms with Crippen molar-refractivity contribution in [1.29, 1.82) is 0 Å². The first kappa shape index (κ1) is 23.2. The number of benzene rings is 2. The van der Waals surface area contributed by atoms with Gasteiger partial charge in [-0.05, 0) is 35.4 Å². The monoisotopic (exact) mass is 471 g/mol. The van der Waals surface area contributed by atoms with E-state index in [1.54, 1.807) is 27.6 Å². The van der Waals surface area contributed by atoms with Gasteiger partial charge in [0.1, 0.15) is 5.82 Å². The van der Waals surface area contributed by atoms with Crippen LogP contribution in [0, 0.1) is 0 Å². The zero-order valence-electron chi connectivity index (χ0n) is 18.0. The van der Waals surface area contributed by atoms with E-state index in [9.17, 15) is 18.0 Å². The van der Waals surface area contributed by atoms with Crippen molar-refractivity contribution in [2.24, 2.45) is 0 Å². The molecular weight excluding hydrogens is 447 g/mol. The molecule has 172 valence electrons. The van der Waals surface area contributed by atoms with Crippen molar-refractivity contribution in [3.05, 3.63) is 95.2 Å². The summed E-state index contributed by atoms with van der Waals surface area (Å²) in [6, 6.07) is 20.1. The predicted molar refractivity (Wildman–Crippen MR) is 125 cm³/mol. The number of nitrogens with zero attached hydrogens (tertiary/aromatic N) is 3. The summed E-state index contributed by atoms with van der Waals surface area (Å²) in [6.07, 6.45) is -3.10. The lowest BCUT2D eigenvalue weighted by molar-refractivity contribution is -0.137. The number of halogens is 3. The minimum Gasteiger partial charge on any atom is -0.353 e.